The van der Waals surface area contributed by atoms with Gasteiger partial charge in [-0.3, -0.25) is 4.79 Å². The molecule has 1 atom stereocenters. The Labute approximate surface area is 223 Å². The number of carbonyl (C=O) groups is 2. The van der Waals surface area contributed by atoms with Gasteiger partial charge < -0.3 is 19.0 Å². The van der Waals surface area contributed by atoms with Gasteiger partial charge in [-0.2, -0.15) is 8.42 Å². The number of esters is 1. The molecule has 1 N–H and O–H groups in total. The molecule has 8 nitrogen and oxygen atoms in total. The van der Waals surface area contributed by atoms with E-state index in [0.29, 0.717) is 6.42 Å². The smallest absolute Gasteiger partial charge is 0.407 e. The molecule has 3 aromatic rings. The largest absolute Gasteiger partial charge is 0.463 e. The lowest BCUT2D eigenvalue weighted by molar-refractivity contribution is -0.147. The van der Waals surface area contributed by atoms with E-state index in [4.69, 9.17) is 13.7 Å². The lowest BCUT2D eigenvalue weighted by atomic mass is 9.98. The molecule has 0 bridgehead atoms. The van der Waals surface area contributed by atoms with E-state index < -0.39 is 28.2 Å². The summed E-state index contributed by atoms with van der Waals surface area (Å²) in [5.41, 5.74) is 5.25. The molecule has 0 spiro atoms. The summed E-state index contributed by atoms with van der Waals surface area (Å²) in [6.45, 7) is 3.67. The number of hydrogen-bond acceptors (Lipinski definition) is 7. The number of carbonyl (C=O) groups excluding carboxylic acids is 2. The monoisotopic (exact) mass is 537 g/mol. The Balaban J connectivity index is 1.43. The Morgan fingerprint density at radius 1 is 0.895 bits per heavy atom. The number of hydrogen-bond donors (Lipinski definition) is 1. The lowest BCUT2D eigenvalue weighted by Gasteiger charge is -2.20. The van der Waals surface area contributed by atoms with Crippen molar-refractivity contribution in [1.82, 2.24) is 5.32 Å². The van der Waals surface area contributed by atoms with Crippen molar-refractivity contribution in [3.8, 4) is 16.9 Å². The van der Waals surface area contributed by atoms with E-state index in [0.717, 1.165) is 34.1 Å². The molecular formula is C29H31NO7S. The van der Waals surface area contributed by atoms with E-state index in [-0.39, 0.29) is 30.8 Å². The molecule has 3 aromatic carbocycles. The number of amides is 1. The SMILES string of the molecule is CC(C)OC(=O)CC(Cc1ccc(OS(C)(=O)=O)cc1)NC(=O)OCC1c2ccccc2-c2ccccc21. The van der Waals surface area contributed by atoms with Gasteiger partial charge in [0.2, 0.25) is 0 Å². The summed E-state index contributed by atoms with van der Waals surface area (Å²) in [5, 5.41) is 2.81. The standard InChI is InChI=1S/C29H31NO7S/c1-19(2)36-28(31)17-21(16-20-12-14-22(15-13-20)37-38(3,33)34)30-29(32)35-18-27-25-10-6-4-8-23(25)24-9-5-7-11-26(24)27/h4-15,19,21,27H,16-18H2,1-3H3,(H,30,32). The normalized spacial score (nSPS) is 13.4. The van der Waals surface area contributed by atoms with Crippen LogP contribution in [0.25, 0.3) is 11.1 Å². The van der Waals surface area contributed by atoms with Crippen LogP contribution in [0.5, 0.6) is 5.75 Å². The molecule has 0 aromatic heterocycles. The molecule has 38 heavy (non-hydrogen) atoms. The second kappa shape index (κ2) is 11.7. The van der Waals surface area contributed by atoms with Crippen LogP contribution in [-0.2, 0) is 30.8 Å². The quantitative estimate of drug-likeness (QED) is 0.292. The Kier molecular flexibility index (Phi) is 8.36. The summed E-state index contributed by atoms with van der Waals surface area (Å²) in [4.78, 5) is 25.3. The number of ether oxygens (including phenoxy) is 2. The molecule has 0 aliphatic heterocycles. The Bertz CT molecular complexity index is 1350. The highest BCUT2D eigenvalue weighted by molar-refractivity contribution is 7.86. The molecule has 1 unspecified atom stereocenters. The molecule has 0 saturated carbocycles. The van der Waals surface area contributed by atoms with E-state index in [9.17, 15) is 18.0 Å². The van der Waals surface area contributed by atoms with Gasteiger partial charge in [0.1, 0.15) is 12.4 Å². The van der Waals surface area contributed by atoms with Crippen LogP contribution >= 0.6 is 0 Å². The van der Waals surface area contributed by atoms with Crippen molar-refractivity contribution in [3.05, 3.63) is 89.5 Å². The van der Waals surface area contributed by atoms with Crippen LogP contribution in [-0.4, -0.2) is 45.5 Å². The maximum absolute atomic E-state index is 12.9. The van der Waals surface area contributed by atoms with Gasteiger partial charge in [-0.05, 0) is 60.2 Å². The van der Waals surface area contributed by atoms with E-state index in [1.807, 2.05) is 36.4 Å². The first kappa shape index (κ1) is 27.2. The first-order chi connectivity index (χ1) is 18.1. The molecule has 1 amide bonds. The third-order valence-corrected chi connectivity index (χ3v) is 6.59. The molecule has 1 aliphatic rings. The van der Waals surface area contributed by atoms with Crippen molar-refractivity contribution < 1.29 is 31.7 Å². The fourth-order valence-corrected chi connectivity index (χ4v) is 5.09. The highest BCUT2D eigenvalue weighted by Gasteiger charge is 2.29. The highest BCUT2D eigenvalue weighted by Crippen LogP contribution is 2.44. The van der Waals surface area contributed by atoms with E-state index in [1.165, 1.54) is 12.1 Å². The van der Waals surface area contributed by atoms with Crippen LogP contribution in [0.4, 0.5) is 4.79 Å². The third kappa shape index (κ3) is 7.13. The summed E-state index contributed by atoms with van der Waals surface area (Å²) in [7, 11) is -3.64. The van der Waals surface area contributed by atoms with Crippen molar-refractivity contribution in [3.63, 3.8) is 0 Å². The fourth-order valence-electron chi connectivity index (χ4n) is 4.63. The predicted molar refractivity (Wildman–Crippen MR) is 143 cm³/mol. The van der Waals surface area contributed by atoms with Crippen LogP contribution in [0.15, 0.2) is 72.8 Å². The molecular weight excluding hydrogens is 506 g/mol. The molecule has 200 valence electrons. The Morgan fingerprint density at radius 2 is 1.47 bits per heavy atom. The van der Waals surface area contributed by atoms with E-state index in [1.54, 1.807) is 26.0 Å². The summed E-state index contributed by atoms with van der Waals surface area (Å²) < 4.78 is 38.5. The van der Waals surface area contributed by atoms with Gasteiger partial charge in [-0.25, -0.2) is 4.79 Å². The van der Waals surface area contributed by atoms with Crippen molar-refractivity contribution in [1.29, 1.82) is 0 Å². The maximum Gasteiger partial charge on any atom is 0.407 e. The molecule has 1 aliphatic carbocycles. The van der Waals surface area contributed by atoms with Crippen molar-refractivity contribution >= 4 is 22.2 Å². The van der Waals surface area contributed by atoms with Gasteiger partial charge in [0.05, 0.1) is 18.8 Å². The second-order valence-electron chi connectivity index (χ2n) is 9.55. The van der Waals surface area contributed by atoms with Gasteiger partial charge in [0.15, 0.2) is 0 Å². The number of rotatable bonds is 10. The Hall–Kier alpha value is -3.85. The average molecular weight is 538 g/mol. The minimum atomic E-state index is -3.64. The minimum Gasteiger partial charge on any atom is -0.463 e. The van der Waals surface area contributed by atoms with Crippen LogP contribution in [0.1, 0.15) is 42.9 Å². The van der Waals surface area contributed by atoms with E-state index >= 15 is 0 Å². The van der Waals surface area contributed by atoms with Crippen LogP contribution in [0.2, 0.25) is 0 Å². The van der Waals surface area contributed by atoms with Crippen LogP contribution in [0, 0.1) is 0 Å². The number of nitrogens with one attached hydrogen (secondary N) is 1. The second-order valence-corrected chi connectivity index (χ2v) is 11.1. The summed E-state index contributed by atoms with van der Waals surface area (Å²) in [6.07, 6.45) is 0.298. The average Bonchev–Trinajstić information content (AvgIpc) is 3.16. The minimum absolute atomic E-state index is 0.0516. The molecule has 0 fully saturated rings. The summed E-state index contributed by atoms with van der Waals surface area (Å²) >= 11 is 0. The zero-order valence-corrected chi connectivity index (χ0v) is 22.4. The van der Waals surface area contributed by atoms with Crippen molar-refractivity contribution in [2.75, 3.05) is 12.9 Å². The van der Waals surface area contributed by atoms with Gasteiger partial charge >= 0.3 is 22.2 Å². The maximum atomic E-state index is 12.9. The highest BCUT2D eigenvalue weighted by atomic mass is 32.2. The fraction of sp³-hybridized carbons (Fsp3) is 0.310. The predicted octanol–water partition coefficient (Wildman–Crippen LogP) is 4.82. The zero-order chi connectivity index (χ0) is 27.3. The van der Waals surface area contributed by atoms with Crippen molar-refractivity contribution in [2.24, 2.45) is 0 Å². The van der Waals surface area contributed by atoms with E-state index in [2.05, 4.69) is 17.4 Å². The first-order valence-corrected chi connectivity index (χ1v) is 14.2. The van der Waals surface area contributed by atoms with Gasteiger partial charge in [0, 0.05) is 12.0 Å². The van der Waals surface area contributed by atoms with Gasteiger partial charge in [-0.15, -0.1) is 0 Å². The van der Waals surface area contributed by atoms with Crippen LogP contribution < -0.4 is 9.50 Å². The van der Waals surface area contributed by atoms with Gasteiger partial charge in [0.25, 0.3) is 0 Å². The Morgan fingerprint density at radius 3 is 2.03 bits per heavy atom. The molecule has 4 rings (SSSR count). The molecule has 0 heterocycles. The molecule has 0 saturated heterocycles. The molecule has 0 radical (unpaired) electrons. The summed E-state index contributed by atoms with van der Waals surface area (Å²) in [5.74, 6) is -0.350. The number of benzene rings is 3. The first-order valence-electron chi connectivity index (χ1n) is 12.4. The number of alkyl carbamates (subject to hydrolysis) is 1. The van der Waals surface area contributed by atoms with Crippen LogP contribution in [0.3, 0.4) is 0 Å². The molecule has 9 heteroatoms. The van der Waals surface area contributed by atoms with Crippen molar-refractivity contribution in [2.45, 2.75) is 44.8 Å². The zero-order valence-electron chi connectivity index (χ0n) is 21.5. The topological polar surface area (TPSA) is 108 Å². The lowest BCUT2D eigenvalue weighted by Crippen LogP contribution is -2.39. The summed E-state index contributed by atoms with van der Waals surface area (Å²) in [6, 6.07) is 22.0. The third-order valence-electron chi connectivity index (χ3n) is 6.10. The van der Waals surface area contributed by atoms with Gasteiger partial charge in [-0.1, -0.05) is 60.7 Å². The number of fused-ring (bicyclic) bond motifs is 3.